The van der Waals surface area contributed by atoms with Crippen molar-refractivity contribution in [3.05, 3.63) is 263 Å². The fourth-order valence-electron chi connectivity index (χ4n) is 8.98. The Balaban J connectivity index is 0.000000190. The molecule has 12 rings (SSSR count). The first-order valence-corrected chi connectivity index (χ1v) is 30.3. The number of aliphatic carboxylic acids is 1. The Hall–Kier alpha value is -12.1. The fraction of sp³-hybridized carbons (Fsp3) is 0.229. The number of hydrogen-bond acceptors (Lipinski definition) is 19. The number of nitrogens with one attached hydrogen (secondary N) is 3. The van der Waals surface area contributed by atoms with E-state index in [0.29, 0.717) is 110 Å². The molecule has 100 heavy (non-hydrogen) atoms. The van der Waals surface area contributed by atoms with Crippen LogP contribution in [0.5, 0.6) is 34.5 Å². The molecule has 3 aromatic carbocycles. The molecule has 3 amide bonds. The van der Waals surface area contributed by atoms with Crippen molar-refractivity contribution in [3.63, 3.8) is 0 Å². The number of carbonyl (C=O) groups is 5. The molecule has 0 aliphatic carbocycles. The highest BCUT2D eigenvalue weighted by Crippen LogP contribution is 2.37. The Morgan fingerprint density at radius 2 is 0.890 bits per heavy atom. The molecule has 0 radical (unpaired) electrons. The Labute approximate surface area is 569 Å². The van der Waals surface area contributed by atoms with Crippen LogP contribution >= 0.6 is 0 Å². The number of amides is 3. The van der Waals surface area contributed by atoms with Crippen LogP contribution in [0.15, 0.2) is 202 Å². The Bertz CT molecular complexity index is 4070. The number of nitrogens with two attached hydrogens (primary N) is 1. The van der Waals surface area contributed by atoms with E-state index in [-0.39, 0.29) is 30.4 Å². The zero-order chi connectivity index (χ0) is 71.5. The van der Waals surface area contributed by atoms with Crippen LogP contribution in [-0.4, -0.2) is 122 Å². The normalized spacial score (nSPS) is 12.6. The second kappa shape index (κ2) is 39.2. The molecule has 0 fully saturated rings. The lowest BCUT2D eigenvalue weighted by molar-refractivity contribution is -0.192. The molecular formula is C70H66F6N12O12. The zero-order valence-electron chi connectivity index (χ0n) is 53.1. The molecule has 9 aromatic rings. The predicted octanol–water partition coefficient (Wildman–Crippen LogP) is 9.54. The van der Waals surface area contributed by atoms with Crippen molar-refractivity contribution in [2.45, 2.75) is 63.7 Å². The highest BCUT2D eigenvalue weighted by Gasteiger charge is 2.47. The quantitative estimate of drug-likeness (QED) is 0.0322. The van der Waals surface area contributed by atoms with Crippen LogP contribution in [0.4, 0.5) is 26.3 Å². The Kier molecular flexibility index (Phi) is 29.5. The molecule has 0 saturated carbocycles. The number of carboxylic acid groups (broad SMARTS) is 1. The van der Waals surface area contributed by atoms with E-state index in [1.165, 1.54) is 48.9 Å². The lowest BCUT2D eigenvalue weighted by atomic mass is 10.0. The van der Waals surface area contributed by atoms with E-state index in [1.807, 2.05) is 66.7 Å². The van der Waals surface area contributed by atoms with Crippen LogP contribution in [0.3, 0.4) is 0 Å². The molecule has 24 nitrogen and oxygen atoms in total. The first-order chi connectivity index (χ1) is 48.3. The molecule has 0 spiro atoms. The minimum absolute atomic E-state index is 0.00860. The van der Waals surface area contributed by atoms with Crippen molar-refractivity contribution in [2.75, 3.05) is 39.6 Å². The number of nitrogens with zero attached hydrogens (tertiary/aromatic N) is 8. The summed E-state index contributed by atoms with van der Waals surface area (Å²) in [5, 5.41) is 16.1. The maximum absolute atomic E-state index is 13.7. The summed E-state index contributed by atoms with van der Waals surface area (Å²) in [4.78, 5) is 85.8. The van der Waals surface area contributed by atoms with Crippen LogP contribution in [-0.2, 0) is 58.4 Å². The minimum Gasteiger partial charge on any atom is -0.486 e. The van der Waals surface area contributed by atoms with Crippen LogP contribution in [0.25, 0.3) is 4.85 Å². The molecule has 3 aliphatic heterocycles. The van der Waals surface area contributed by atoms with Gasteiger partial charge in [-0.3, -0.25) is 54.4 Å². The number of halogens is 6. The van der Waals surface area contributed by atoms with Crippen LogP contribution < -0.4 is 50.1 Å². The third kappa shape index (κ3) is 24.8. The molecular weight excluding hydrogens is 1310 g/mol. The van der Waals surface area contributed by atoms with Gasteiger partial charge in [0.25, 0.3) is 0 Å². The molecule has 2 unspecified atom stereocenters. The van der Waals surface area contributed by atoms with Gasteiger partial charge < -0.3 is 59.6 Å². The number of aldehydes is 1. The first-order valence-electron chi connectivity index (χ1n) is 30.3. The molecule has 0 bridgehead atoms. The van der Waals surface area contributed by atoms with Gasteiger partial charge in [-0.05, 0) is 124 Å². The van der Waals surface area contributed by atoms with E-state index in [1.54, 1.807) is 86.1 Å². The summed E-state index contributed by atoms with van der Waals surface area (Å²) in [6.07, 6.45) is 10.2. The number of aromatic nitrogens is 6. The van der Waals surface area contributed by atoms with Crippen molar-refractivity contribution in [2.24, 2.45) is 5.73 Å². The maximum atomic E-state index is 13.7. The molecule has 520 valence electrons. The lowest BCUT2D eigenvalue weighted by Crippen LogP contribution is -2.48. The highest BCUT2D eigenvalue weighted by molar-refractivity contribution is 5.91. The summed E-state index contributed by atoms with van der Waals surface area (Å²) in [6, 6.07) is 34.5. The molecule has 2 atom stereocenters. The molecule has 6 N–H and O–H groups in total. The summed E-state index contributed by atoms with van der Waals surface area (Å²) >= 11 is 0. The van der Waals surface area contributed by atoms with Crippen molar-refractivity contribution in [1.82, 2.24) is 50.8 Å². The number of carboxylic acids is 1. The van der Waals surface area contributed by atoms with E-state index in [9.17, 15) is 45.5 Å². The fourth-order valence-corrected chi connectivity index (χ4v) is 8.98. The molecule has 9 heterocycles. The zero-order valence-corrected chi connectivity index (χ0v) is 53.1. The molecule has 30 heteroatoms. The first kappa shape index (κ1) is 75.3. The summed E-state index contributed by atoms with van der Waals surface area (Å²) in [6.45, 7) is 10.7. The van der Waals surface area contributed by atoms with Gasteiger partial charge in [-0.25, -0.2) is 11.4 Å². The number of pyridine rings is 6. The van der Waals surface area contributed by atoms with Crippen molar-refractivity contribution < 1.29 is 83.8 Å². The van der Waals surface area contributed by atoms with Crippen LogP contribution in [0.1, 0.15) is 66.9 Å². The number of benzene rings is 3. The maximum Gasteiger partial charge on any atom is 0.490 e. The summed E-state index contributed by atoms with van der Waals surface area (Å²) in [5.41, 5.74) is 11.8. The van der Waals surface area contributed by atoms with Crippen LogP contribution in [0, 0.1) is 6.57 Å². The number of rotatable bonds is 17. The number of carbonyl (C=O) groups excluding carboxylic acids is 4. The summed E-state index contributed by atoms with van der Waals surface area (Å²) in [5.74, 6) is -2.44. The second-order valence-corrected chi connectivity index (χ2v) is 20.9. The topological polar surface area (TPSA) is 308 Å². The number of hydrogen-bond donors (Lipinski definition) is 5. The lowest BCUT2D eigenvalue weighted by Gasteiger charge is -2.32. The van der Waals surface area contributed by atoms with Gasteiger partial charge in [0, 0.05) is 118 Å². The van der Waals surface area contributed by atoms with Gasteiger partial charge in [-0.1, -0.05) is 42.5 Å². The van der Waals surface area contributed by atoms with Gasteiger partial charge in [0.15, 0.2) is 34.5 Å². The van der Waals surface area contributed by atoms with E-state index in [2.05, 4.69) is 50.7 Å². The second-order valence-electron chi connectivity index (χ2n) is 20.9. The third-order valence-electron chi connectivity index (χ3n) is 13.7. The number of alkyl halides is 6. The van der Waals surface area contributed by atoms with E-state index >= 15 is 0 Å². The van der Waals surface area contributed by atoms with Crippen LogP contribution in [0.2, 0.25) is 0 Å². The number of ether oxygens (including phenoxy) is 6. The van der Waals surface area contributed by atoms with E-state index in [4.69, 9.17) is 50.6 Å². The Morgan fingerprint density at radius 1 is 0.510 bits per heavy atom. The van der Waals surface area contributed by atoms with E-state index in [0.717, 1.165) is 34.1 Å². The molecule has 0 saturated heterocycles. The SMILES string of the molecule is NCc1cccnc1.O=C(NCc1cccnc1)C(NCc1cccnc1)c1ccc2c(c1)OCCO2.O=C(NCc1cccnc1)C(c1ccc2c(c1)OCCO2)N(Cc1cccnc1)C(=O)C(F)(F)F.O=C(O)C(F)(F)F.O=Cc1ccc2c(c1)OCCO2.[C-]#[N+]Cc1cccnc1. The monoisotopic (exact) mass is 1380 g/mol. The van der Waals surface area contributed by atoms with Crippen molar-refractivity contribution >= 4 is 30.0 Å². The smallest absolute Gasteiger partial charge is 0.486 e. The largest absolute Gasteiger partial charge is 0.490 e. The number of fused-ring (bicyclic) bond motifs is 3. The summed E-state index contributed by atoms with van der Waals surface area (Å²) < 4.78 is 106. The standard InChI is InChI=1S/C24H21F3N4O4.C22H22N4O3.C9H8O3.C7H6N2.C6H8N2.C2HF3O2/c25-24(26,27)23(33)31(15-17-4-2-8-29-13-17)21(22(32)30-14-16-3-1-7-28-12-16)18-5-6-19-20(11-18)35-10-9-34-19;27-22(26-15-17-4-2-8-24-13-17)21(25-14-16-3-1-7-23-12-16)18-5-6-19-20(11-18)29-10-9-28-19;10-6-7-1-2-8-9(5-7)12-4-3-11-8;1-8-5-7-3-2-4-9-6-7;7-4-6-2-1-3-8-5-6;3-2(4,5)1(6)7/h1-8,11-13,21H,9-10,14-15H2,(H,30,32);1-8,11-13,21,25H,9-10,14-15H2,(H,26,27);1-2,5-6H,3-4H2;2-4,6H,5H2;1-3,5H,4,7H2;(H,6,7). The Morgan fingerprint density at radius 3 is 1.29 bits per heavy atom. The van der Waals surface area contributed by atoms with Gasteiger partial charge in [-0.2, -0.15) is 26.3 Å². The molecule has 3 aliphatic rings. The van der Waals surface area contributed by atoms with E-state index < -0.39 is 48.8 Å². The minimum atomic E-state index is -5.21. The predicted molar refractivity (Wildman–Crippen MR) is 348 cm³/mol. The molecule has 6 aromatic heterocycles. The van der Waals surface area contributed by atoms with Crippen molar-refractivity contribution in [1.29, 1.82) is 0 Å². The van der Waals surface area contributed by atoms with Gasteiger partial charge >= 0.3 is 24.2 Å². The van der Waals surface area contributed by atoms with Gasteiger partial charge in [0.05, 0.1) is 0 Å². The average molecular weight is 1380 g/mol. The highest BCUT2D eigenvalue weighted by atomic mass is 19.4. The average Bonchev–Trinajstić information content (AvgIpc) is 0.791. The van der Waals surface area contributed by atoms with Gasteiger partial charge in [-0.15, -0.1) is 0 Å². The van der Waals surface area contributed by atoms with Gasteiger partial charge in [0.2, 0.25) is 18.4 Å². The summed E-state index contributed by atoms with van der Waals surface area (Å²) in [7, 11) is 0. The third-order valence-corrected chi connectivity index (χ3v) is 13.7. The van der Waals surface area contributed by atoms with Crippen molar-refractivity contribution in [3.8, 4) is 34.5 Å². The van der Waals surface area contributed by atoms with Gasteiger partial charge in [0.1, 0.15) is 58.0 Å².